The van der Waals surface area contributed by atoms with Crippen LogP contribution in [-0.4, -0.2) is 55.9 Å². The normalized spacial score (nSPS) is 10.1. The molecule has 96 valence electrons. The van der Waals surface area contributed by atoms with Crippen molar-refractivity contribution in [2.24, 2.45) is 0 Å². The molecule has 0 saturated heterocycles. The topological polar surface area (TPSA) is 75.2 Å². The van der Waals surface area contributed by atoms with E-state index in [9.17, 15) is 0 Å². The molecule has 2 N–H and O–H groups in total. The number of anilines is 3. The molecule has 1 aromatic heterocycles. The summed E-state index contributed by atoms with van der Waals surface area (Å²) in [6.07, 6.45) is 0. The van der Waals surface area contributed by atoms with E-state index in [-0.39, 0.29) is 0 Å². The van der Waals surface area contributed by atoms with Crippen molar-refractivity contribution in [3.05, 3.63) is 0 Å². The van der Waals surface area contributed by atoms with Crippen molar-refractivity contribution < 1.29 is 4.74 Å². The zero-order chi connectivity index (χ0) is 12.7. The first-order valence-electron chi connectivity index (χ1n) is 5.57. The monoisotopic (exact) mass is 240 g/mol. The summed E-state index contributed by atoms with van der Waals surface area (Å²) in [5.74, 6) is 1.75. The second kappa shape index (κ2) is 6.85. The Kier molecular flexibility index (Phi) is 5.41. The molecule has 0 radical (unpaired) electrons. The Morgan fingerprint density at radius 2 is 1.76 bits per heavy atom. The van der Waals surface area contributed by atoms with Crippen LogP contribution in [0.1, 0.15) is 6.92 Å². The average Bonchev–Trinajstić information content (AvgIpc) is 2.29. The lowest BCUT2D eigenvalue weighted by Crippen LogP contribution is -2.18. The van der Waals surface area contributed by atoms with Gasteiger partial charge in [-0.15, -0.1) is 0 Å². The van der Waals surface area contributed by atoms with Gasteiger partial charge >= 0.3 is 0 Å². The van der Waals surface area contributed by atoms with Crippen LogP contribution in [0, 0.1) is 0 Å². The largest absolute Gasteiger partial charge is 0.383 e. The average molecular weight is 240 g/mol. The first-order valence-corrected chi connectivity index (χ1v) is 5.57. The summed E-state index contributed by atoms with van der Waals surface area (Å²) in [6.45, 7) is 4.05. The summed E-state index contributed by atoms with van der Waals surface area (Å²) in [5, 5.41) is 6.16. The van der Waals surface area contributed by atoms with Gasteiger partial charge in [0.15, 0.2) is 0 Å². The van der Waals surface area contributed by atoms with E-state index in [2.05, 4.69) is 25.6 Å². The Hall–Kier alpha value is -1.63. The SMILES string of the molecule is CCNc1nc(NCCOC)nc(N(C)C)n1. The smallest absolute Gasteiger partial charge is 0.231 e. The lowest BCUT2D eigenvalue weighted by molar-refractivity contribution is 0.210. The Morgan fingerprint density at radius 1 is 1.12 bits per heavy atom. The number of aromatic nitrogens is 3. The van der Waals surface area contributed by atoms with Crippen LogP contribution in [0.5, 0.6) is 0 Å². The number of methoxy groups -OCH3 is 1. The fraction of sp³-hybridized carbons (Fsp3) is 0.700. The van der Waals surface area contributed by atoms with Crippen LogP contribution < -0.4 is 15.5 Å². The van der Waals surface area contributed by atoms with E-state index in [1.807, 2.05) is 25.9 Å². The summed E-state index contributed by atoms with van der Waals surface area (Å²) in [4.78, 5) is 14.6. The number of hydrogen-bond donors (Lipinski definition) is 2. The maximum atomic E-state index is 4.96. The number of nitrogens with zero attached hydrogens (tertiary/aromatic N) is 4. The number of rotatable bonds is 7. The molecular formula is C10H20N6O. The summed E-state index contributed by atoms with van der Waals surface area (Å²) < 4.78 is 4.96. The predicted molar refractivity (Wildman–Crippen MR) is 68.7 cm³/mol. The lowest BCUT2D eigenvalue weighted by Gasteiger charge is -2.13. The molecule has 7 heteroatoms. The Balaban J connectivity index is 2.79. The molecule has 1 heterocycles. The molecule has 0 aromatic carbocycles. The summed E-state index contributed by atoms with van der Waals surface area (Å²) in [7, 11) is 5.44. The Labute approximate surface area is 102 Å². The van der Waals surface area contributed by atoms with Crippen molar-refractivity contribution in [3.8, 4) is 0 Å². The van der Waals surface area contributed by atoms with Crippen molar-refractivity contribution in [2.75, 3.05) is 56.4 Å². The standard InChI is InChI=1S/C10H20N6O/c1-5-11-8-13-9(12-6-7-17-4)15-10(14-8)16(2)3/h5-7H2,1-4H3,(H2,11,12,13,14,15). The molecule has 0 bridgehead atoms. The number of ether oxygens (including phenoxy) is 1. The van der Waals surface area contributed by atoms with Crippen molar-refractivity contribution in [1.82, 2.24) is 15.0 Å². The fourth-order valence-corrected chi connectivity index (χ4v) is 1.15. The van der Waals surface area contributed by atoms with Gasteiger partial charge in [0.1, 0.15) is 0 Å². The molecule has 0 spiro atoms. The van der Waals surface area contributed by atoms with Gasteiger partial charge in [0.2, 0.25) is 17.8 Å². The molecule has 1 rings (SSSR count). The first-order chi connectivity index (χ1) is 8.17. The van der Waals surface area contributed by atoms with Crippen molar-refractivity contribution in [2.45, 2.75) is 6.92 Å². The summed E-state index contributed by atoms with van der Waals surface area (Å²) in [5.41, 5.74) is 0. The van der Waals surface area contributed by atoms with E-state index in [1.54, 1.807) is 7.11 Å². The lowest BCUT2D eigenvalue weighted by atomic mass is 10.6. The van der Waals surface area contributed by atoms with Gasteiger partial charge in [0.05, 0.1) is 6.61 Å². The zero-order valence-corrected chi connectivity index (χ0v) is 10.8. The molecule has 0 fully saturated rings. The third-order valence-electron chi connectivity index (χ3n) is 1.95. The highest BCUT2D eigenvalue weighted by molar-refractivity contribution is 5.42. The van der Waals surface area contributed by atoms with Gasteiger partial charge in [-0.2, -0.15) is 15.0 Å². The van der Waals surface area contributed by atoms with E-state index in [4.69, 9.17) is 4.74 Å². The van der Waals surface area contributed by atoms with Crippen LogP contribution in [0.3, 0.4) is 0 Å². The van der Waals surface area contributed by atoms with Gasteiger partial charge in [-0.1, -0.05) is 0 Å². The first kappa shape index (κ1) is 13.4. The molecule has 0 aliphatic rings. The second-order valence-electron chi connectivity index (χ2n) is 3.63. The van der Waals surface area contributed by atoms with E-state index in [0.717, 1.165) is 6.54 Å². The van der Waals surface area contributed by atoms with Crippen LogP contribution in [0.2, 0.25) is 0 Å². The van der Waals surface area contributed by atoms with Crippen LogP contribution in [-0.2, 0) is 4.74 Å². The molecule has 17 heavy (non-hydrogen) atoms. The minimum absolute atomic E-state index is 0.552. The molecule has 1 aromatic rings. The highest BCUT2D eigenvalue weighted by Crippen LogP contribution is 2.10. The molecule has 0 unspecified atom stereocenters. The molecule has 0 atom stereocenters. The van der Waals surface area contributed by atoms with Gasteiger partial charge in [0, 0.05) is 34.3 Å². The van der Waals surface area contributed by atoms with E-state index >= 15 is 0 Å². The predicted octanol–water partition coefficient (Wildman–Crippen LogP) is 0.428. The van der Waals surface area contributed by atoms with E-state index < -0.39 is 0 Å². The quantitative estimate of drug-likeness (QED) is 0.669. The number of hydrogen-bond acceptors (Lipinski definition) is 7. The third kappa shape index (κ3) is 4.39. The second-order valence-corrected chi connectivity index (χ2v) is 3.63. The van der Waals surface area contributed by atoms with Crippen LogP contribution in [0.4, 0.5) is 17.8 Å². The summed E-state index contributed by atoms with van der Waals surface area (Å²) in [6, 6.07) is 0. The minimum Gasteiger partial charge on any atom is -0.383 e. The van der Waals surface area contributed by atoms with Crippen LogP contribution in [0.25, 0.3) is 0 Å². The molecule has 0 saturated carbocycles. The van der Waals surface area contributed by atoms with Crippen LogP contribution in [0.15, 0.2) is 0 Å². The van der Waals surface area contributed by atoms with Gasteiger partial charge in [0.25, 0.3) is 0 Å². The summed E-state index contributed by atoms with van der Waals surface area (Å²) >= 11 is 0. The van der Waals surface area contributed by atoms with Crippen molar-refractivity contribution >= 4 is 17.8 Å². The van der Waals surface area contributed by atoms with E-state index in [1.165, 1.54) is 0 Å². The maximum absolute atomic E-state index is 4.96. The van der Waals surface area contributed by atoms with Gasteiger partial charge in [-0.3, -0.25) is 0 Å². The molecule has 0 aliphatic carbocycles. The highest BCUT2D eigenvalue weighted by Gasteiger charge is 2.06. The van der Waals surface area contributed by atoms with E-state index in [0.29, 0.717) is 31.0 Å². The molecule has 7 nitrogen and oxygen atoms in total. The zero-order valence-electron chi connectivity index (χ0n) is 10.8. The molecule has 0 aliphatic heterocycles. The van der Waals surface area contributed by atoms with Crippen molar-refractivity contribution in [1.29, 1.82) is 0 Å². The fourth-order valence-electron chi connectivity index (χ4n) is 1.15. The van der Waals surface area contributed by atoms with Crippen LogP contribution >= 0.6 is 0 Å². The Morgan fingerprint density at radius 3 is 2.29 bits per heavy atom. The Bertz CT molecular complexity index is 344. The molecular weight excluding hydrogens is 220 g/mol. The van der Waals surface area contributed by atoms with Gasteiger partial charge < -0.3 is 20.3 Å². The third-order valence-corrected chi connectivity index (χ3v) is 1.95. The van der Waals surface area contributed by atoms with Gasteiger partial charge in [-0.25, -0.2) is 0 Å². The highest BCUT2D eigenvalue weighted by atomic mass is 16.5. The molecule has 0 amide bonds. The maximum Gasteiger partial charge on any atom is 0.231 e. The number of nitrogens with one attached hydrogen (secondary N) is 2. The van der Waals surface area contributed by atoms with Gasteiger partial charge in [-0.05, 0) is 6.92 Å². The van der Waals surface area contributed by atoms with Crippen molar-refractivity contribution in [3.63, 3.8) is 0 Å². The minimum atomic E-state index is 0.552.